The van der Waals surface area contributed by atoms with Crippen LogP contribution in [0, 0.1) is 6.92 Å². The van der Waals surface area contributed by atoms with Crippen LogP contribution in [-0.2, 0) is 10.0 Å². The molecule has 104 valence electrons. The highest BCUT2D eigenvalue weighted by atomic mass is 32.2. The number of rotatable bonds is 2. The molecule has 2 heterocycles. The average molecular weight is 306 g/mol. The Bertz CT molecular complexity index is 727. The van der Waals surface area contributed by atoms with Gasteiger partial charge in [0, 0.05) is 18.5 Å². The van der Waals surface area contributed by atoms with Gasteiger partial charge < -0.3 is 0 Å². The number of aromatic nitrogens is 1. The van der Waals surface area contributed by atoms with E-state index in [1.54, 1.807) is 30.1 Å². The van der Waals surface area contributed by atoms with Crippen molar-refractivity contribution in [1.82, 2.24) is 4.98 Å². The van der Waals surface area contributed by atoms with Crippen molar-refractivity contribution >= 4 is 27.6 Å². The van der Waals surface area contributed by atoms with Crippen molar-refractivity contribution in [3.05, 3.63) is 48.2 Å². The Morgan fingerprint density at radius 2 is 1.95 bits per heavy atom. The fourth-order valence-electron chi connectivity index (χ4n) is 2.10. The minimum absolute atomic E-state index is 0.312. The van der Waals surface area contributed by atoms with Crippen LogP contribution in [0.15, 0.2) is 52.4 Å². The quantitative estimate of drug-likeness (QED) is 0.856. The van der Waals surface area contributed by atoms with Crippen LogP contribution in [0.2, 0.25) is 0 Å². The van der Waals surface area contributed by atoms with Gasteiger partial charge in [0.1, 0.15) is 0 Å². The van der Waals surface area contributed by atoms with Gasteiger partial charge in [-0.15, -0.1) is 11.8 Å². The van der Waals surface area contributed by atoms with Crippen molar-refractivity contribution in [3.63, 3.8) is 0 Å². The third-order valence-corrected chi connectivity index (χ3v) is 5.97. The van der Waals surface area contributed by atoms with Crippen LogP contribution in [-0.4, -0.2) is 25.7 Å². The van der Waals surface area contributed by atoms with Gasteiger partial charge in [-0.3, -0.25) is 0 Å². The number of nitrogens with zero attached hydrogens (tertiary/aromatic N) is 2. The van der Waals surface area contributed by atoms with Crippen LogP contribution in [0.3, 0.4) is 0 Å². The van der Waals surface area contributed by atoms with Gasteiger partial charge in [-0.25, -0.2) is 17.7 Å². The van der Waals surface area contributed by atoms with Crippen LogP contribution < -0.4 is 4.31 Å². The maximum atomic E-state index is 12.7. The van der Waals surface area contributed by atoms with E-state index >= 15 is 0 Å². The monoisotopic (exact) mass is 306 g/mol. The summed E-state index contributed by atoms with van der Waals surface area (Å²) in [7, 11) is -3.53. The smallest absolute Gasteiger partial charge is 0.248 e. The fraction of sp³-hybridized carbons (Fsp3) is 0.214. The van der Waals surface area contributed by atoms with Gasteiger partial charge in [0.15, 0.2) is 5.82 Å². The Morgan fingerprint density at radius 1 is 1.20 bits per heavy atom. The lowest BCUT2D eigenvalue weighted by Crippen LogP contribution is -2.36. The van der Waals surface area contributed by atoms with Gasteiger partial charge in [0.25, 0.3) is 10.0 Å². The highest BCUT2D eigenvalue weighted by molar-refractivity contribution is 8.00. The molecule has 4 nitrogen and oxygen atoms in total. The lowest BCUT2D eigenvalue weighted by atomic mass is 10.2. The third kappa shape index (κ3) is 2.29. The molecule has 1 aromatic carbocycles. The molecule has 0 amide bonds. The largest absolute Gasteiger partial charge is 0.265 e. The molecule has 1 aliphatic rings. The molecule has 0 unspecified atom stereocenters. The molecule has 2 aromatic rings. The van der Waals surface area contributed by atoms with Crippen molar-refractivity contribution in [2.45, 2.75) is 16.7 Å². The molecule has 1 aliphatic heterocycles. The van der Waals surface area contributed by atoms with E-state index in [0.717, 1.165) is 16.2 Å². The second-order valence-electron chi connectivity index (χ2n) is 4.56. The summed E-state index contributed by atoms with van der Waals surface area (Å²) in [5.74, 6) is 1.27. The second-order valence-corrected chi connectivity index (χ2v) is 7.56. The molecule has 0 radical (unpaired) electrons. The number of anilines is 1. The summed E-state index contributed by atoms with van der Waals surface area (Å²) in [5.41, 5.74) is 1.04. The lowest BCUT2D eigenvalue weighted by molar-refractivity contribution is 0.590. The molecule has 0 saturated carbocycles. The zero-order valence-electron chi connectivity index (χ0n) is 11.0. The Morgan fingerprint density at radius 3 is 2.70 bits per heavy atom. The first-order valence-corrected chi connectivity index (χ1v) is 8.69. The Hall–Kier alpha value is -1.53. The van der Waals surface area contributed by atoms with E-state index in [1.807, 2.05) is 31.2 Å². The summed E-state index contributed by atoms with van der Waals surface area (Å²) in [6.07, 6.45) is 1.63. The normalized spacial score (nSPS) is 14.9. The Labute approximate surface area is 122 Å². The van der Waals surface area contributed by atoms with E-state index in [4.69, 9.17) is 0 Å². The number of fused-ring (bicyclic) bond motifs is 1. The Balaban J connectivity index is 2.07. The molecule has 3 rings (SSSR count). The summed E-state index contributed by atoms with van der Waals surface area (Å²) in [4.78, 5) is 5.46. The third-order valence-electron chi connectivity index (χ3n) is 3.15. The topological polar surface area (TPSA) is 50.3 Å². The maximum Gasteiger partial charge on any atom is 0.265 e. The van der Waals surface area contributed by atoms with Crippen LogP contribution in [0.25, 0.3) is 0 Å². The van der Waals surface area contributed by atoms with Crippen molar-refractivity contribution in [1.29, 1.82) is 0 Å². The molecule has 0 spiro atoms. The van der Waals surface area contributed by atoms with Crippen molar-refractivity contribution in [3.8, 4) is 0 Å². The highest BCUT2D eigenvalue weighted by Gasteiger charge is 2.30. The maximum absolute atomic E-state index is 12.7. The standard InChI is InChI=1S/C14H14N2O2S2/c1-11-4-6-12(7-5-11)20(17,18)16-9-10-19-13-3-2-8-15-14(13)16/h2-8H,9-10H2,1H3. The first kappa shape index (κ1) is 13.5. The molecule has 0 bridgehead atoms. The first-order valence-electron chi connectivity index (χ1n) is 6.26. The van der Waals surface area contributed by atoms with E-state index in [-0.39, 0.29) is 0 Å². The van der Waals surface area contributed by atoms with Crippen LogP contribution in [0.1, 0.15) is 5.56 Å². The summed E-state index contributed by atoms with van der Waals surface area (Å²) >= 11 is 1.64. The van der Waals surface area contributed by atoms with Gasteiger partial charge in [0.2, 0.25) is 0 Å². The average Bonchev–Trinajstić information content (AvgIpc) is 2.47. The summed E-state index contributed by atoms with van der Waals surface area (Å²) in [5, 5.41) is 0. The number of thioether (sulfide) groups is 1. The van der Waals surface area contributed by atoms with Crippen LogP contribution >= 0.6 is 11.8 Å². The molecule has 6 heteroatoms. The minimum atomic E-state index is -3.53. The number of aryl methyl sites for hydroxylation is 1. The summed E-state index contributed by atoms with van der Waals surface area (Å²) in [6, 6.07) is 10.7. The molecular weight excluding hydrogens is 292 g/mol. The zero-order chi connectivity index (χ0) is 14.2. The predicted molar refractivity (Wildman–Crippen MR) is 80.7 cm³/mol. The second kappa shape index (κ2) is 5.10. The lowest BCUT2D eigenvalue weighted by Gasteiger charge is -2.28. The molecule has 0 saturated heterocycles. The first-order chi connectivity index (χ1) is 9.59. The van der Waals surface area contributed by atoms with Crippen molar-refractivity contribution in [2.75, 3.05) is 16.6 Å². The molecule has 20 heavy (non-hydrogen) atoms. The highest BCUT2D eigenvalue weighted by Crippen LogP contribution is 2.35. The fourth-order valence-corrected chi connectivity index (χ4v) is 4.67. The minimum Gasteiger partial charge on any atom is -0.248 e. The summed E-state index contributed by atoms with van der Waals surface area (Å²) in [6.45, 7) is 2.38. The van der Waals surface area contributed by atoms with E-state index < -0.39 is 10.0 Å². The van der Waals surface area contributed by atoms with Gasteiger partial charge in [-0.05, 0) is 31.2 Å². The predicted octanol–water partition coefficient (Wildman–Crippen LogP) is 2.69. The molecular formula is C14H14N2O2S2. The van der Waals surface area contributed by atoms with Crippen molar-refractivity contribution < 1.29 is 8.42 Å². The number of benzene rings is 1. The Kier molecular flexibility index (Phi) is 3.43. The van der Waals surface area contributed by atoms with Crippen LogP contribution in [0.5, 0.6) is 0 Å². The van der Waals surface area contributed by atoms with Crippen LogP contribution in [0.4, 0.5) is 5.82 Å². The van der Waals surface area contributed by atoms with Gasteiger partial charge in [-0.1, -0.05) is 17.7 Å². The van der Waals surface area contributed by atoms with Gasteiger partial charge in [-0.2, -0.15) is 0 Å². The van der Waals surface area contributed by atoms with E-state index in [1.165, 1.54) is 4.31 Å². The molecule has 0 fully saturated rings. The molecule has 1 aromatic heterocycles. The molecule has 0 N–H and O–H groups in total. The summed E-state index contributed by atoms with van der Waals surface area (Å²) < 4.78 is 26.9. The molecule has 0 aliphatic carbocycles. The number of pyridine rings is 1. The van der Waals surface area contributed by atoms with E-state index in [9.17, 15) is 8.42 Å². The van der Waals surface area contributed by atoms with Gasteiger partial charge >= 0.3 is 0 Å². The zero-order valence-corrected chi connectivity index (χ0v) is 12.6. The van der Waals surface area contributed by atoms with E-state index in [0.29, 0.717) is 17.3 Å². The van der Waals surface area contributed by atoms with Crippen molar-refractivity contribution in [2.24, 2.45) is 0 Å². The number of hydrogen-bond acceptors (Lipinski definition) is 4. The molecule has 0 atom stereocenters. The SMILES string of the molecule is Cc1ccc(S(=O)(=O)N2CCSc3cccnc32)cc1. The van der Waals surface area contributed by atoms with E-state index in [2.05, 4.69) is 4.98 Å². The number of sulfonamides is 1. The number of hydrogen-bond donors (Lipinski definition) is 0. The van der Waals surface area contributed by atoms with Gasteiger partial charge in [0.05, 0.1) is 9.79 Å².